The standard InChI is InChI=1S/C23H42N3O11P/c1-24-12-4-2-3-7-18(27)26-17(23(35)36)9-10-19(28)25-16(22(33)34)6-5-13-37-38-14-15(21(31)32)8-11-20(29)30/h15-17,23-24,35-36,38H,2-14H2,1H3,(H,25,28)(H,26,27)(H,29,30)(H,31,32)(H,33,34). The molecule has 220 valence electrons. The summed E-state index contributed by atoms with van der Waals surface area (Å²) in [5.74, 6) is -5.28. The molecule has 8 N–H and O–H groups in total. The largest absolute Gasteiger partial charge is 0.481 e. The zero-order valence-corrected chi connectivity index (χ0v) is 22.7. The monoisotopic (exact) mass is 567 g/mol. The molecule has 0 bridgehead atoms. The van der Waals surface area contributed by atoms with Gasteiger partial charge in [0, 0.05) is 34.2 Å². The Morgan fingerprint density at radius 3 is 2.05 bits per heavy atom. The molecule has 0 spiro atoms. The van der Waals surface area contributed by atoms with E-state index in [1.54, 1.807) is 0 Å². The second kappa shape index (κ2) is 21.5. The molecule has 0 aliphatic carbocycles. The number of carbonyl (C=O) groups is 5. The fraction of sp³-hybridized carbons (Fsp3) is 0.783. The predicted octanol–water partition coefficient (Wildman–Crippen LogP) is -0.133. The van der Waals surface area contributed by atoms with Crippen LogP contribution in [-0.2, 0) is 28.5 Å². The summed E-state index contributed by atoms with van der Waals surface area (Å²) in [5, 5.41) is 54.1. The molecule has 0 fully saturated rings. The van der Waals surface area contributed by atoms with Gasteiger partial charge in [0.15, 0.2) is 6.29 Å². The van der Waals surface area contributed by atoms with Gasteiger partial charge in [0.1, 0.15) is 6.04 Å². The maximum atomic E-state index is 12.2. The van der Waals surface area contributed by atoms with E-state index in [-0.39, 0.29) is 72.4 Å². The second-order valence-electron chi connectivity index (χ2n) is 8.81. The van der Waals surface area contributed by atoms with Crippen LogP contribution in [0.25, 0.3) is 0 Å². The van der Waals surface area contributed by atoms with E-state index >= 15 is 0 Å². The van der Waals surface area contributed by atoms with Crippen molar-refractivity contribution in [1.29, 1.82) is 0 Å². The van der Waals surface area contributed by atoms with Crippen molar-refractivity contribution in [2.75, 3.05) is 26.4 Å². The number of amides is 2. The zero-order valence-electron chi connectivity index (χ0n) is 21.7. The highest BCUT2D eigenvalue weighted by Crippen LogP contribution is 2.21. The molecule has 0 saturated heterocycles. The third-order valence-electron chi connectivity index (χ3n) is 5.58. The molecule has 0 aliphatic heterocycles. The first-order valence-electron chi connectivity index (χ1n) is 12.6. The Morgan fingerprint density at radius 1 is 0.789 bits per heavy atom. The van der Waals surface area contributed by atoms with E-state index in [0.717, 1.165) is 19.4 Å². The van der Waals surface area contributed by atoms with Gasteiger partial charge in [0.05, 0.1) is 18.6 Å². The highest BCUT2D eigenvalue weighted by atomic mass is 31.1. The topological polar surface area (TPSA) is 232 Å². The lowest BCUT2D eigenvalue weighted by atomic mass is 10.1. The normalized spacial score (nSPS) is 13.8. The summed E-state index contributed by atoms with van der Waals surface area (Å²) in [4.78, 5) is 57.5. The minimum absolute atomic E-state index is 0.0110. The van der Waals surface area contributed by atoms with Crippen LogP contribution in [0.5, 0.6) is 0 Å². The van der Waals surface area contributed by atoms with Crippen LogP contribution in [0, 0.1) is 5.92 Å². The lowest BCUT2D eigenvalue weighted by Crippen LogP contribution is -2.45. The number of carboxylic acids is 3. The number of carbonyl (C=O) groups excluding carboxylic acids is 2. The van der Waals surface area contributed by atoms with E-state index in [9.17, 15) is 39.3 Å². The molecule has 4 unspecified atom stereocenters. The highest BCUT2D eigenvalue weighted by Gasteiger charge is 2.23. The van der Waals surface area contributed by atoms with Gasteiger partial charge in [0.2, 0.25) is 11.8 Å². The molecule has 14 nitrogen and oxygen atoms in total. The van der Waals surface area contributed by atoms with Crippen LogP contribution < -0.4 is 16.0 Å². The third kappa shape index (κ3) is 18.8. The lowest BCUT2D eigenvalue weighted by Gasteiger charge is -2.21. The average molecular weight is 568 g/mol. The van der Waals surface area contributed by atoms with Crippen LogP contribution >= 0.6 is 8.81 Å². The summed E-state index contributed by atoms with van der Waals surface area (Å²) >= 11 is 0. The Labute approximate surface area is 223 Å². The van der Waals surface area contributed by atoms with E-state index in [1.807, 2.05) is 7.05 Å². The highest BCUT2D eigenvalue weighted by molar-refractivity contribution is 7.32. The summed E-state index contributed by atoms with van der Waals surface area (Å²) in [6, 6.07) is -2.28. The van der Waals surface area contributed by atoms with Gasteiger partial charge in [-0.2, -0.15) is 0 Å². The molecule has 15 heteroatoms. The van der Waals surface area contributed by atoms with Crippen LogP contribution in [0.2, 0.25) is 0 Å². The summed E-state index contributed by atoms with van der Waals surface area (Å²) < 4.78 is 5.36. The average Bonchev–Trinajstić information content (AvgIpc) is 2.83. The SMILES string of the molecule is CNCCCCCC(=O)NC(CCC(=O)NC(CCCOPCC(CCC(=O)O)C(=O)O)C(=O)O)C(O)O. The van der Waals surface area contributed by atoms with Crippen molar-refractivity contribution in [2.24, 2.45) is 5.92 Å². The van der Waals surface area contributed by atoms with Crippen molar-refractivity contribution in [3.05, 3.63) is 0 Å². The van der Waals surface area contributed by atoms with Crippen molar-refractivity contribution in [1.82, 2.24) is 16.0 Å². The molecule has 0 aromatic carbocycles. The van der Waals surface area contributed by atoms with Crippen molar-refractivity contribution < 1.29 is 54.0 Å². The van der Waals surface area contributed by atoms with Gasteiger partial charge in [-0.15, -0.1) is 0 Å². The predicted molar refractivity (Wildman–Crippen MR) is 138 cm³/mol. The number of aliphatic hydroxyl groups is 2. The lowest BCUT2D eigenvalue weighted by molar-refractivity contribution is -0.143. The quantitative estimate of drug-likeness (QED) is 0.0433. The molecule has 4 atom stereocenters. The van der Waals surface area contributed by atoms with E-state index < -0.39 is 48.1 Å². The Morgan fingerprint density at radius 2 is 1.47 bits per heavy atom. The molecule has 38 heavy (non-hydrogen) atoms. The number of unbranched alkanes of at least 4 members (excludes halogenated alkanes) is 2. The molecule has 0 heterocycles. The van der Waals surface area contributed by atoms with Crippen molar-refractivity contribution in [3.63, 3.8) is 0 Å². The molecule has 0 aromatic rings. The number of rotatable bonds is 24. The first-order valence-corrected chi connectivity index (χ1v) is 13.7. The minimum Gasteiger partial charge on any atom is -0.481 e. The Bertz CT molecular complexity index is 739. The van der Waals surface area contributed by atoms with Gasteiger partial charge in [-0.3, -0.25) is 19.2 Å². The first kappa shape index (κ1) is 35.6. The van der Waals surface area contributed by atoms with E-state index in [2.05, 4.69) is 16.0 Å². The van der Waals surface area contributed by atoms with Gasteiger partial charge < -0.3 is 46.0 Å². The Balaban J connectivity index is 4.37. The molecular weight excluding hydrogens is 525 g/mol. The number of aliphatic carboxylic acids is 3. The van der Waals surface area contributed by atoms with Gasteiger partial charge in [-0.1, -0.05) is 6.42 Å². The maximum Gasteiger partial charge on any atom is 0.326 e. The summed E-state index contributed by atoms with van der Waals surface area (Å²) in [7, 11) is 1.63. The fourth-order valence-corrected chi connectivity index (χ4v) is 4.34. The summed E-state index contributed by atoms with van der Waals surface area (Å²) in [6.07, 6.45) is 0.556. The fourth-order valence-electron chi connectivity index (χ4n) is 3.35. The van der Waals surface area contributed by atoms with Crippen LogP contribution in [0.1, 0.15) is 64.2 Å². The van der Waals surface area contributed by atoms with Gasteiger partial charge >= 0.3 is 17.9 Å². The smallest absolute Gasteiger partial charge is 0.326 e. The second-order valence-corrected chi connectivity index (χ2v) is 9.79. The van der Waals surface area contributed by atoms with Gasteiger partial charge in [0.25, 0.3) is 0 Å². The van der Waals surface area contributed by atoms with Crippen LogP contribution in [-0.4, -0.2) is 100.0 Å². The van der Waals surface area contributed by atoms with Crippen LogP contribution in [0.4, 0.5) is 0 Å². The van der Waals surface area contributed by atoms with Crippen molar-refractivity contribution in [3.8, 4) is 0 Å². The minimum atomic E-state index is -1.88. The Hall–Kier alpha value is -2.38. The van der Waals surface area contributed by atoms with Crippen molar-refractivity contribution in [2.45, 2.75) is 82.6 Å². The van der Waals surface area contributed by atoms with Crippen LogP contribution in [0.15, 0.2) is 0 Å². The van der Waals surface area contributed by atoms with E-state index in [0.29, 0.717) is 6.42 Å². The molecule has 0 aromatic heterocycles. The number of aliphatic hydroxyl groups excluding tert-OH is 1. The number of nitrogens with one attached hydrogen (secondary N) is 3. The van der Waals surface area contributed by atoms with E-state index in [4.69, 9.17) is 14.7 Å². The number of hydrogen-bond donors (Lipinski definition) is 8. The van der Waals surface area contributed by atoms with Gasteiger partial charge in [-0.05, 0) is 52.1 Å². The molecule has 2 amide bonds. The van der Waals surface area contributed by atoms with Crippen molar-refractivity contribution >= 4 is 38.5 Å². The maximum absolute atomic E-state index is 12.2. The van der Waals surface area contributed by atoms with E-state index in [1.165, 1.54) is 0 Å². The third-order valence-corrected chi connectivity index (χ3v) is 6.65. The first-order chi connectivity index (χ1) is 18.0. The number of hydrogen-bond acceptors (Lipinski definition) is 9. The Kier molecular flexibility index (Phi) is 20.2. The summed E-state index contributed by atoms with van der Waals surface area (Å²) in [6.45, 7) is 0.964. The molecule has 0 radical (unpaired) electrons. The van der Waals surface area contributed by atoms with Gasteiger partial charge in [-0.25, -0.2) is 4.79 Å². The summed E-state index contributed by atoms with van der Waals surface area (Å²) in [5.41, 5.74) is 0. The zero-order chi connectivity index (χ0) is 28.9. The van der Waals surface area contributed by atoms with Crippen LogP contribution in [0.3, 0.4) is 0 Å². The molecule has 0 aliphatic rings. The number of carboxylic acid groups (broad SMARTS) is 3. The molecule has 0 saturated carbocycles. The molecular formula is C23H42N3O11P. The molecule has 0 rings (SSSR count).